The van der Waals surface area contributed by atoms with E-state index in [1.165, 1.54) is 25.5 Å². The Morgan fingerprint density at radius 2 is 1.85 bits per heavy atom. The SMILES string of the molecule is CCCCCCC(CCCC)COC(=O)c1c[nH]c2cc(Cl)ccc2c1=O. The van der Waals surface area contributed by atoms with Crippen molar-refractivity contribution < 1.29 is 9.53 Å². The minimum Gasteiger partial charge on any atom is -0.462 e. The van der Waals surface area contributed by atoms with E-state index >= 15 is 0 Å². The summed E-state index contributed by atoms with van der Waals surface area (Å²) in [6.45, 7) is 4.75. The molecular weight excluding hydrogens is 362 g/mol. The molecule has 0 bridgehead atoms. The van der Waals surface area contributed by atoms with Gasteiger partial charge in [0.2, 0.25) is 5.43 Å². The van der Waals surface area contributed by atoms with Gasteiger partial charge in [0.1, 0.15) is 5.56 Å². The number of H-pyrrole nitrogens is 1. The summed E-state index contributed by atoms with van der Waals surface area (Å²) in [5, 5.41) is 0.978. The molecule has 1 heterocycles. The van der Waals surface area contributed by atoms with Gasteiger partial charge in [-0.3, -0.25) is 4.79 Å². The molecule has 0 saturated heterocycles. The molecule has 0 amide bonds. The minimum atomic E-state index is -0.553. The number of ether oxygens (including phenoxy) is 1. The van der Waals surface area contributed by atoms with Crippen LogP contribution in [0.1, 0.15) is 75.6 Å². The highest BCUT2D eigenvalue weighted by molar-refractivity contribution is 6.31. The van der Waals surface area contributed by atoms with Gasteiger partial charge in [-0.15, -0.1) is 0 Å². The number of esters is 1. The first kappa shape index (κ1) is 21.5. The van der Waals surface area contributed by atoms with Crippen molar-refractivity contribution in [1.29, 1.82) is 0 Å². The van der Waals surface area contributed by atoms with E-state index in [0.717, 1.165) is 32.1 Å². The molecule has 0 spiro atoms. The summed E-state index contributed by atoms with van der Waals surface area (Å²) < 4.78 is 5.51. The Bertz CT molecular complexity index is 800. The average Bonchev–Trinajstić information content (AvgIpc) is 2.66. The first-order chi connectivity index (χ1) is 13.1. The van der Waals surface area contributed by atoms with Crippen LogP contribution < -0.4 is 5.43 Å². The van der Waals surface area contributed by atoms with Gasteiger partial charge in [0, 0.05) is 16.6 Å². The molecule has 0 aliphatic rings. The van der Waals surface area contributed by atoms with E-state index in [2.05, 4.69) is 18.8 Å². The fourth-order valence-electron chi connectivity index (χ4n) is 3.28. The first-order valence-electron chi connectivity index (χ1n) is 10.0. The number of fused-ring (bicyclic) bond motifs is 1. The van der Waals surface area contributed by atoms with Crippen molar-refractivity contribution in [3.63, 3.8) is 0 Å². The Balaban J connectivity index is 2.01. The van der Waals surface area contributed by atoms with Gasteiger partial charge in [0.15, 0.2) is 0 Å². The maximum absolute atomic E-state index is 12.6. The predicted octanol–water partition coefficient (Wildman–Crippen LogP) is 6.12. The van der Waals surface area contributed by atoms with Crippen LogP contribution >= 0.6 is 11.6 Å². The monoisotopic (exact) mass is 391 g/mol. The standard InChI is InChI=1S/C22H30ClNO3/c1-3-5-7-8-10-16(9-6-4-2)15-27-22(26)19-14-24-20-13-17(23)11-12-18(20)21(19)25/h11-14,16H,3-10,15H2,1-2H3,(H,24,25). The van der Waals surface area contributed by atoms with E-state index in [-0.39, 0.29) is 11.0 Å². The van der Waals surface area contributed by atoms with Crippen molar-refractivity contribution in [1.82, 2.24) is 4.98 Å². The number of pyridine rings is 1. The molecule has 27 heavy (non-hydrogen) atoms. The quantitative estimate of drug-likeness (QED) is 0.371. The van der Waals surface area contributed by atoms with E-state index in [9.17, 15) is 9.59 Å². The smallest absolute Gasteiger partial charge is 0.343 e. The van der Waals surface area contributed by atoms with Crippen molar-refractivity contribution in [2.24, 2.45) is 5.92 Å². The zero-order valence-corrected chi connectivity index (χ0v) is 17.1. The molecule has 0 fully saturated rings. The van der Waals surface area contributed by atoms with Crippen molar-refractivity contribution in [2.45, 2.75) is 65.2 Å². The Labute approximate surface area is 166 Å². The molecule has 1 aromatic carbocycles. The summed E-state index contributed by atoms with van der Waals surface area (Å²) in [4.78, 5) is 28.0. The van der Waals surface area contributed by atoms with Crippen molar-refractivity contribution in [3.05, 3.63) is 45.2 Å². The highest BCUT2D eigenvalue weighted by atomic mass is 35.5. The summed E-state index contributed by atoms with van der Waals surface area (Å²) in [6.07, 6.45) is 10.7. The maximum Gasteiger partial charge on any atom is 0.343 e. The third kappa shape index (κ3) is 6.39. The number of aromatic nitrogens is 1. The Hall–Kier alpha value is -1.81. The number of benzene rings is 1. The fraction of sp³-hybridized carbons (Fsp3) is 0.545. The summed E-state index contributed by atoms with van der Waals surface area (Å²) in [5.74, 6) is -0.188. The normalized spacial score (nSPS) is 12.3. The van der Waals surface area contributed by atoms with Crippen LogP contribution in [0.3, 0.4) is 0 Å². The van der Waals surface area contributed by atoms with Gasteiger partial charge in [0.05, 0.1) is 12.1 Å². The molecule has 1 aromatic heterocycles. The van der Waals surface area contributed by atoms with Crippen LogP contribution in [0.15, 0.2) is 29.2 Å². The van der Waals surface area contributed by atoms with Crippen LogP contribution in [0.4, 0.5) is 0 Å². The molecule has 0 radical (unpaired) electrons. The van der Waals surface area contributed by atoms with E-state index in [1.807, 2.05) is 0 Å². The first-order valence-corrected chi connectivity index (χ1v) is 10.4. The van der Waals surface area contributed by atoms with E-state index in [1.54, 1.807) is 18.2 Å². The number of hydrogen-bond donors (Lipinski definition) is 1. The lowest BCUT2D eigenvalue weighted by atomic mass is 9.96. The van der Waals surface area contributed by atoms with Gasteiger partial charge in [-0.05, 0) is 37.0 Å². The number of carbonyl (C=O) groups excluding carboxylic acids is 1. The van der Waals surface area contributed by atoms with Crippen molar-refractivity contribution in [3.8, 4) is 0 Å². The molecule has 5 heteroatoms. The second kappa shape index (κ2) is 11.1. The number of carbonyl (C=O) groups is 1. The van der Waals surface area contributed by atoms with Crippen LogP contribution in [0.25, 0.3) is 10.9 Å². The molecule has 0 aliphatic heterocycles. The second-order valence-electron chi connectivity index (χ2n) is 7.18. The van der Waals surface area contributed by atoms with Gasteiger partial charge in [-0.1, -0.05) is 64.0 Å². The Kier molecular flexibility index (Phi) is 8.86. The van der Waals surface area contributed by atoms with E-state index < -0.39 is 5.97 Å². The average molecular weight is 392 g/mol. The highest BCUT2D eigenvalue weighted by Crippen LogP contribution is 2.19. The number of halogens is 1. The Morgan fingerprint density at radius 1 is 1.11 bits per heavy atom. The number of nitrogens with one attached hydrogen (secondary N) is 1. The lowest BCUT2D eigenvalue weighted by Gasteiger charge is -2.16. The van der Waals surface area contributed by atoms with Gasteiger partial charge in [0.25, 0.3) is 0 Å². The molecular formula is C22H30ClNO3. The maximum atomic E-state index is 12.6. The molecule has 4 nitrogen and oxygen atoms in total. The molecule has 2 rings (SSSR count). The second-order valence-corrected chi connectivity index (χ2v) is 7.61. The molecule has 0 saturated carbocycles. The third-order valence-corrected chi connectivity index (χ3v) is 5.18. The number of aromatic amines is 1. The summed E-state index contributed by atoms with van der Waals surface area (Å²) in [7, 11) is 0. The topological polar surface area (TPSA) is 59.2 Å². The molecule has 1 unspecified atom stereocenters. The Morgan fingerprint density at radius 3 is 2.59 bits per heavy atom. The largest absolute Gasteiger partial charge is 0.462 e. The predicted molar refractivity (Wildman–Crippen MR) is 112 cm³/mol. The third-order valence-electron chi connectivity index (χ3n) is 4.94. The summed E-state index contributed by atoms with van der Waals surface area (Å²) in [6, 6.07) is 4.95. The molecule has 2 aromatic rings. The lowest BCUT2D eigenvalue weighted by molar-refractivity contribution is 0.0421. The minimum absolute atomic E-state index is 0.0463. The fourth-order valence-corrected chi connectivity index (χ4v) is 3.45. The van der Waals surface area contributed by atoms with Crippen LogP contribution in [-0.4, -0.2) is 17.6 Å². The molecule has 148 valence electrons. The van der Waals surface area contributed by atoms with Gasteiger partial charge >= 0.3 is 5.97 Å². The van der Waals surface area contributed by atoms with E-state index in [4.69, 9.17) is 16.3 Å². The number of rotatable bonds is 11. The zero-order chi connectivity index (χ0) is 19.6. The number of hydrogen-bond acceptors (Lipinski definition) is 3. The summed E-state index contributed by atoms with van der Waals surface area (Å²) >= 11 is 5.95. The van der Waals surface area contributed by atoms with Gasteiger partial charge in [-0.25, -0.2) is 4.79 Å². The van der Waals surface area contributed by atoms with Crippen molar-refractivity contribution in [2.75, 3.05) is 6.61 Å². The molecule has 1 N–H and O–H groups in total. The summed E-state index contributed by atoms with van der Waals surface area (Å²) in [5.41, 5.74) is 0.337. The highest BCUT2D eigenvalue weighted by Gasteiger charge is 2.17. The lowest BCUT2D eigenvalue weighted by Crippen LogP contribution is -2.21. The van der Waals surface area contributed by atoms with Crippen LogP contribution in [-0.2, 0) is 4.74 Å². The van der Waals surface area contributed by atoms with Crippen LogP contribution in [0.5, 0.6) is 0 Å². The van der Waals surface area contributed by atoms with Gasteiger partial charge < -0.3 is 9.72 Å². The van der Waals surface area contributed by atoms with Crippen LogP contribution in [0.2, 0.25) is 5.02 Å². The molecule has 1 atom stereocenters. The molecule has 0 aliphatic carbocycles. The van der Waals surface area contributed by atoms with Crippen LogP contribution in [0, 0.1) is 5.92 Å². The van der Waals surface area contributed by atoms with Gasteiger partial charge in [-0.2, -0.15) is 0 Å². The zero-order valence-electron chi connectivity index (χ0n) is 16.4. The number of unbranched alkanes of at least 4 members (excludes halogenated alkanes) is 4. The van der Waals surface area contributed by atoms with E-state index in [0.29, 0.717) is 28.5 Å². The van der Waals surface area contributed by atoms with Crippen molar-refractivity contribution >= 4 is 28.5 Å².